The van der Waals surface area contributed by atoms with Crippen molar-refractivity contribution >= 4 is 46.6 Å². The third kappa shape index (κ3) is 3.40. The van der Waals surface area contributed by atoms with Crippen LogP contribution in [0, 0.1) is 6.92 Å². The maximum Gasteiger partial charge on any atom is 0.193 e. The molecule has 1 atom stereocenters. The largest absolute Gasteiger partial charge is 0.507 e. The summed E-state index contributed by atoms with van der Waals surface area (Å²) in [5.41, 5.74) is -2.03. The van der Waals surface area contributed by atoms with Gasteiger partial charge in [-0.25, -0.2) is 0 Å². The smallest absolute Gasteiger partial charge is 0.193 e. The first-order valence-corrected chi connectivity index (χ1v) is 10.8. The van der Waals surface area contributed by atoms with Gasteiger partial charge in [-0.1, -0.05) is 29.3 Å². The van der Waals surface area contributed by atoms with E-state index in [-0.39, 0.29) is 28.2 Å². The van der Waals surface area contributed by atoms with E-state index in [0.29, 0.717) is 15.6 Å². The quantitative estimate of drug-likeness (QED) is 0.302. The molecular weight excluding hydrogens is 483 g/mol. The van der Waals surface area contributed by atoms with E-state index in [4.69, 9.17) is 27.9 Å². The number of phenolic OH excluding ortho intramolecular Hbond substituents is 2. The van der Waals surface area contributed by atoms with Gasteiger partial charge in [0.2, 0.25) is 0 Å². The lowest BCUT2D eigenvalue weighted by molar-refractivity contribution is -0.123. The highest BCUT2D eigenvalue weighted by Gasteiger charge is 2.55. The Morgan fingerprint density at radius 3 is 2.26 bits per heavy atom. The minimum atomic E-state index is -1.69. The lowest BCUT2D eigenvalue weighted by Gasteiger charge is -2.28. The summed E-state index contributed by atoms with van der Waals surface area (Å²) in [5.74, 6) is -4.05. The van der Waals surface area contributed by atoms with E-state index in [1.165, 1.54) is 26.0 Å². The van der Waals surface area contributed by atoms with Gasteiger partial charge < -0.3 is 20.1 Å². The van der Waals surface area contributed by atoms with Crippen molar-refractivity contribution in [1.82, 2.24) is 0 Å². The summed E-state index contributed by atoms with van der Waals surface area (Å²) in [5, 5.41) is 32.5. The minimum Gasteiger partial charge on any atom is -0.507 e. The number of aliphatic hydroxyl groups is 1. The van der Waals surface area contributed by atoms with Gasteiger partial charge in [-0.05, 0) is 50.6 Å². The first-order chi connectivity index (χ1) is 15.9. The second kappa shape index (κ2) is 8.04. The van der Waals surface area contributed by atoms with Crippen molar-refractivity contribution in [1.29, 1.82) is 0 Å². The summed E-state index contributed by atoms with van der Waals surface area (Å²) < 4.78 is 5.76. The molecule has 0 unspecified atom stereocenters. The second-order valence-electron chi connectivity index (χ2n) is 8.18. The fourth-order valence-corrected chi connectivity index (χ4v) is 4.73. The molecule has 1 heterocycles. The van der Waals surface area contributed by atoms with Crippen LogP contribution in [0.2, 0.25) is 10.0 Å². The van der Waals surface area contributed by atoms with E-state index in [0.717, 1.165) is 19.1 Å². The van der Waals surface area contributed by atoms with Gasteiger partial charge in [-0.2, -0.15) is 0 Å². The molecule has 2 aromatic carbocycles. The van der Waals surface area contributed by atoms with Crippen LogP contribution in [0.5, 0.6) is 17.2 Å². The van der Waals surface area contributed by atoms with Crippen LogP contribution in [0.1, 0.15) is 40.9 Å². The van der Waals surface area contributed by atoms with Gasteiger partial charge in [0.25, 0.3) is 0 Å². The van der Waals surface area contributed by atoms with Crippen LogP contribution in [0.15, 0.2) is 47.4 Å². The molecule has 0 aromatic heterocycles. The van der Waals surface area contributed by atoms with Crippen molar-refractivity contribution in [2.45, 2.75) is 26.2 Å². The summed E-state index contributed by atoms with van der Waals surface area (Å²) in [6.45, 7) is 3.92. The van der Waals surface area contributed by atoms with Crippen LogP contribution in [0.25, 0.3) is 6.08 Å². The lowest BCUT2D eigenvalue weighted by Crippen LogP contribution is -2.38. The molecule has 0 bridgehead atoms. The van der Waals surface area contributed by atoms with E-state index in [9.17, 15) is 29.7 Å². The molecular formula is C25H18Cl2O7. The van der Waals surface area contributed by atoms with E-state index in [1.54, 1.807) is 12.1 Å². The molecule has 2 aromatic rings. The van der Waals surface area contributed by atoms with Crippen molar-refractivity contribution in [3.63, 3.8) is 0 Å². The molecule has 174 valence electrons. The second-order valence-corrected chi connectivity index (χ2v) is 9.06. The predicted octanol–water partition coefficient (Wildman–Crippen LogP) is 5.13. The zero-order valence-electron chi connectivity index (χ0n) is 18.2. The number of phenols is 2. The number of benzene rings is 2. The highest BCUT2D eigenvalue weighted by atomic mass is 35.5. The van der Waals surface area contributed by atoms with Gasteiger partial charge in [-0.15, -0.1) is 0 Å². The normalized spacial score (nSPS) is 19.1. The molecule has 1 aliphatic carbocycles. The number of rotatable bonds is 4. The third-order valence-electron chi connectivity index (χ3n) is 5.96. The highest BCUT2D eigenvalue weighted by molar-refractivity contribution is 6.34. The van der Waals surface area contributed by atoms with Crippen molar-refractivity contribution in [2.75, 3.05) is 0 Å². The number of halogens is 2. The van der Waals surface area contributed by atoms with E-state index < -0.39 is 45.6 Å². The monoisotopic (exact) mass is 500 g/mol. The molecule has 0 saturated carbocycles. The van der Waals surface area contributed by atoms with Crippen molar-refractivity contribution in [3.05, 3.63) is 79.7 Å². The first-order valence-electron chi connectivity index (χ1n) is 10.0. The molecule has 34 heavy (non-hydrogen) atoms. The maximum absolute atomic E-state index is 13.3. The number of carbonyl (C=O) groups is 3. The number of aliphatic hydroxyl groups excluding tert-OH is 1. The maximum atomic E-state index is 13.3. The molecule has 0 radical (unpaired) electrons. The number of ketones is 3. The molecule has 4 rings (SSSR count). The van der Waals surface area contributed by atoms with Gasteiger partial charge in [0.1, 0.15) is 45.3 Å². The molecule has 2 aliphatic rings. The Morgan fingerprint density at radius 1 is 1.06 bits per heavy atom. The van der Waals surface area contributed by atoms with E-state index in [1.807, 2.05) is 0 Å². The Morgan fingerprint density at radius 2 is 1.68 bits per heavy atom. The minimum absolute atomic E-state index is 0.0525. The zero-order valence-corrected chi connectivity index (χ0v) is 19.7. The third-order valence-corrected chi connectivity index (χ3v) is 6.40. The summed E-state index contributed by atoms with van der Waals surface area (Å²) in [6, 6.07) is 4.69. The fourth-order valence-electron chi connectivity index (χ4n) is 4.19. The van der Waals surface area contributed by atoms with Crippen LogP contribution in [0.4, 0.5) is 0 Å². The van der Waals surface area contributed by atoms with Gasteiger partial charge >= 0.3 is 0 Å². The average Bonchev–Trinajstić information content (AvgIpc) is 3.03. The van der Waals surface area contributed by atoms with Crippen LogP contribution in [-0.2, 0) is 15.0 Å². The number of hydrogen-bond acceptors (Lipinski definition) is 7. The number of hydrogen-bond donors (Lipinski definition) is 3. The van der Waals surface area contributed by atoms with Gasteiger partial charge in [0.05, 0.1) is 5.56 Å². The topological polar surface area (TPSA) is 121 Å². The Hall–Kier alpha value is -3.55. The van der Waals surface area contributed by atoms with E-state index >= 15 is 0 Å². The molecule has 0 amide bonds. The van der Waals surface area contributed by atoms with Gasteiger partial charge in [0, 0.05) is 21.7 Å². The summed E-state index contributed by atoms with van der Waals surface area (Å²) >= 11 is 12.0. The number of fused-ring (bicyclic) bond motifs is 3. The van der Waals surface area contributed by atoms with Crippen molar-refractivity contribution < 1.29 is 34.4 Å². The molecule has 1 aliphatic heterocycles. The average molecular weight is 501 g/mol. The summed E-state index contributed by atoms with van der Waals surface area (Å²) in [6.07, 6.45) is 3.69. The van der Waals surface area contributed by atoms with Crippen LogP contribution >= 0.6 is 23.2 Å². The zero-order chi connectivity index (χ0) is 25.1. The molecule has 0 spiro atoms. The highest BCUT2D eigenvalue weighted by Crippen LogP contribution is 2.57. The molecule has 7 nitrogen and oxygen atoms in total. The Bertz CT molecular complexity index is 1390. The molecule has 0 fully saturated rings. The number of aromatic hydroxyl groups is 2. The molecule has 9 heteroatoms. The number of carbonyl (C=O) groups excluding carboxylic acids is 3. The van der Waals surface area contributed by atoms with Crippen LogP contribution < -0.4 is 4.74 Å². The molecule has 3 N–H and O–H groups in total. The van der Waals surface area contributed by atoms with E-state index in [2.05, 4.69) is 0 Å². The van der Waals surface area contributed by atoms with Gasteiger partial charge in [0.15, 0.2) is 17.3 Å². The molecule has 0 saturated heterocycles. The van der Waals surface area contributed by atoms with Crippen LogP contribution in [0.3, 0.4) is 0 Å². The van der Waals surface area contributed by atoms with Crippen molar-refractivity contribution in [3.8, 4) is 17.2 Å². The van der Waals surface area contributed by atoms with Gasteiger partial charge in [-0.3, -0.25) is 14.4 Å². The number of allylic oxidation sites excluding steroid dienone is 4. The van der Waals surface area contributed by atoms with Crippen LogP contribution in [-0.4, -0.2) is 32.7 Å². The first kappa shape index (κ1) is 23.6. The summed E-state index contributed by atoms with van der Waals surface area (Å²) in [7, 11) is 0. The Kier molecular flexibility index (Phi) is 5.58. The standard InChI is InChI=1S/C25H18Cl2O7/c1-10-21(31)19(15(29)5-4-12-6-13(26)8-14(27)7-12)23-20(22(10)32)25(3)17(34-23)9-16(30)18(11(2)28)24(25)33/h4-9,30-32H,1-3H3/b5-4+/t25-/m1/s1. The number of ether oxygens (including phenoxy) is 1. The predicted molar refractivity (Wildman–Crippen MR) is 126 cm³/mol. The summed E-state index contributed by atoms with van der Waals surface area (Å²) in [4.78, 5) is 38.5. The lowest BCUT2D eigenvalue weighted by atomic mass is 9.71. The van der Waals surface area contributed by atoms with Crippen molar-refractivity contribution in [2.24, 2.45) is 0 Å². The Labute approximate surface area is 204 Å². The number of Topliss-reactive ketones (excluding diaryl/α,β-unsaturated/α-hetero) is 2. The SMILES string of the molecule is CC(=O)C1=C(O)C=C2Oc3c(C(=O)/C=C/c4cc(Cl)cc(Cl)c4)c(O)c(C)c(O)c3[C@]2(C)C1=O. The fraction of sp³-hybridized carbons (Fsp3) is 0.160. The Balaban J connectivity index is 1.89.